The van der Waals surface area contributed by atoms with Crippen LogP contribution in [0.4, 0.5) is 0 Å². The lowest BCUT2D eigenvalue weighted by molar-refractivity contribution is -0.131. The van der Waals surface area contributed by atoms with Crippen molar-refractivity contribution in [1.29, 1.82) is 0 Å². The molecule has 0 bridgehead atoms. The first kappa shape index (κ1) is 14.0. The van der Waals surface area contributed by atoms with E-state index in [1.807, 2.05) is 0 Å². The second kappa shape index (κ2) is 13.0. The molecule has 0 saturated carbocycles. The van der Waals surface area contributed by atoms with Crippen LogP contribution in [0.25, 0.3) is 0 Å². The topological polar surface area (TPSA) is 27.7 Å². The smallest absolute Gasteiger partial charge is 0.149 e. The van der Waals surface area contributed by atoms with Crippen molar-refractivity contribution in [1.82, 2.24) is 0 Å². The zero-order chi connectivity index (χ0) is 11.2. The van der Waals surface area contributed by atoms with Crippen molar-refractivity contribution in [3.8, 4) is 24.7 Å². The molecule has 15 heavy (non-hydrogen) atoms. The summed E-state index contributed by atoms with van der Waals surface area (Å²) in [5.41, 5.74) is 0. The molecule has 3 nitrogen and oxygen atoms in total. The van der Waals surface area contributed by atoms with Crippen LogP contribution in [-0.4, -0.2) is 26.8 Å². The molecule has 0 spiro atoms. The number of hydrogen-bond acceptors (Lipinski definition) is 3. The maximum absolute atomic E-state index is 5.13. The van der Waals surface area contributed by atoms with E-state index in [0.29, 0.717) is 13.2 Å². The molecular formula is C12H18O3. The van der Waals surface area contributed by atoms with Crippen LogP contribution in [0.1, 0.15) is 25.7 Å². The molecule has 0 aromatic rings. The van der Waals surface area contributed by atoms with Gasteiger partial charge in [0, 0.05) is 12.8 Å². The molecule has 0 aliphatic heterocycles. The molecule has 0 heterocycles. The summed E-state index contributed by atoms with van der Waals surface area (Å²) in [5.74, 6) is 5.07. The van der Waals surface area contributed by atoms with E-state index < -0.39 is 0 Å². The Balaban J connectivity index is 2.88. The Morgan fingerprint density at radius 2 is 1.20 bits per heavy atom. The number of unbranched alkanes of at least 4 members (excludes halogenated alkanes) is 2. The maximum Gasteiger partial charge on any atom is 0.149 e. The fourth-order valence-electron chi connectivity index (χ4n) is 0.822. The van der Waals surface area contributed by atoms with Crippen molar-refractivity contribution >= 4 is 0 Å². The van der Waals surface area contributed by atoms with Crippen LogP contribution < -0.4 is 0 Å². The van der Waals surface area contributed by atoms with Gasteiger partial charge in [0.2, 0.25) is 0 Å². The summed E-state index contributed by atoms with van der Waals surface area (Å²) in [6, 6.07) is 0. The number of rotatable bonds is 10. The van der Waals surface area contributed by atoms with Crippen molar-refractivity contribution in [3.63, 3.8) is 0 Å². The second-order valence-corrected chi connectivity index (χ2v) is 2.87. The Labute approximate surface area is 92.1 Å². The van der Waals surface area contributed by atoms with E-state index in [1.54, 1.807) is 0 Å². The van der Waals surface area contributed by atoms with Gasteiger partial charge in [-0.1, -0.05) is 0 Å². The minimum Gasteiger partial charge on any atom is -0.355 e. The third-order valence-electron chi connectivity index (χ3n) is 1.55. The van der Waals surface area contributed by atoms with Crippen LogP contribution in [0.3, 0.4) is 0 Å². The first-order valence-electron chi connectivity index (χ1n) is 5.02. The van der Waals surface area contributed by atoms with Crippen LogP contribution in [0, 0.1) is 24.7 Å². The quantitative estimate of drug-likeness (QED) is 0.312. The maximum atomic E-state index is 5.13. The van der Waals surface area contributed by atoms with Gasteiger partial charge in [-0.15, -0.1) is 24.7 Å². The van der Waals surface area contributed by atoms with Crippen molar-refractivity contribution in [3.05, 3.63) is 0 Å². The van der Waals surface area contributed by atoms with Crippen LogP contribution in [-0.2, 0) is 14.2 Å². The van der Waals surface area contributed by atoms with Gasteiger partial charge in [0.25, 0.3) is 0 Å². The van der Waals surface area contributed by atoms with Crippen LogP contribution >= 0.6 is 0 Å². The van der Waals surface area contributed by atoms with Crippen molar-refractivity contribution in [2.45, 2.75) is 25.7 Å². The highest BCUT2D eigenvalue weighted by molar-refractivity contribution is 4.83. The van der Waals surface area contributed by atoms with Gasteiger partial charge in [0.15, 0.2) is 0 Å². The zero-order valence-corrected chi connectivity index (χ0v) is 9.04. The Bertz CT molecular complexity index is 178. The van der Waals surface area contributed by atoms with Gasteiger partial charge in [0.1, 0.15) is 13.6 Å². The predicted octanol–water partition coefficient (Wildman–Crippen LogP) is 1.78. The molecule has 0 fully saturated rings. The van der Waals surface area contributed by atoms with Gasteiger partial charge in [-0.05, 0) is 12.8 Å². The molecule has 0 aliphatic carbocycles. The molecule has 3 heteroatoms. The third kappa shape index (κ3) is 13.0. The lowest BCUT2D eigenvalue weighted by Crippen LogP contribution is -2.06. The molecule has 0 radical (unpaired) electrons. The second-order valence-electron chi connectivity index (χ2n) is 2.87. The highest BCUT2D eigenvalue weighted by Crippen LogP contribution is 1.90. The number of ether oxygens (including phenoxy) is 3. The Kier molecular flexibility index (Phi) is 12.1. The van der Waals surface area contributed by atoms with E-state index in [9.17, 15) is 0 Å². The molecular weight excluding hydrogens is 192 g/mol. The molecule has 0 aromatic heterocycles. The minimum atomic E-state index is 0.250. The van der Waals surface area contributed by atoms with E-state index in [1.165, 1.54) is 0 Å². The fraction of sp³-hybridized carbons (Fsp3) is 0.667. The van der Waals surface area contributed by atoms with E-state index in [2.05, 4.69) is 11.8 Å². The van der Waals surface area contributed by atoms with Crippen LogP contribution in [0.5, 0.6) is 0 Å². The average molecular weight is 210 g/mol. The highest BCUT2D eigenvalue weighted by Gasteiger charge is 1.89. The number of terminal acetylenes is 2. The first-order valence-corrected chi connectivity index (χ1v) is 5.02. The Morgan fingerprint density at radius 3 is 1.60 bits per heavy atom. The highest BCUT2D eigenvalue weighted by atomic mass is 16.7. The van der Waals surface area contributed by atoms with Crippen molar-refractivity contribution < 1.29 is 14.2 Å². The van der Waals surface area contributed by atoms with Crippen LogP contribution in [0.2, 0.25) is 0 Å². The lowest BCUT2D eigenvalue weighted by Gasteiger charge is -2.05. The average Bonchev–Trinajstić information content (AvgIpc) is 2.26. The monoisotopic (exact) mass is 210 g/mol. The summed E-state index contributed by atoms with van der Waals surface area (Å²) in [7, 11) is 0. The SMILES string of the molecule is C#CCCCOCOCOCCCC#C. The minimum absolute atomic E-state index is 0.250. The summed E-state index contributed by atoms with van der Waals surface area (Å²) in [5, 5.41) is 0. The van der Waals surface area contributed by atoms with E-state index in [4.69, 9.17) is 27.1 Å². The molecule has 0 amide bonds. The van der Waals surface area contributed by atoms with Crippen molar-refractivity contribution in [2.75, 3.05) is 26.8 Å². The summed E-state index contributed by atoms with van der Waals surface area (Å²) in [4.78, 5) is 0. The molecule has 0 aromatic carbocycles. The van der Waals surface area contributed by atoms with Gasteiger partial charge in [0.05, 0.1) is 13.2 Å². The van der Waals surface area contributed by atoms with Crippen molar-refractivity contribution in [2.24, 2.45) is 0 Å². The summed E-state index contributed by atoms with van der Waals surface area (Å²) >= 11 is 0. The molecule has 0 rings (SSSR count). The van der Waals surface area contributed by atoms with E-state index in [-0.39, 0.29) is 13.6 Å². The first-order chi connectivity index (χ1) is 7.41. The standard InChI is InChI=1S/C12H18O3/c1-3-5-7-9-13-11-15-12-14-10-8-6-4-2/h1-2H,5-12H2. The van der Waals surface area contributed by atoms with Crippen LogP contribution in [0.15, 0.2) is 0 Å². The van der Waals surface area contributed by atoms with E-state index in [0.717, 1.165) is 25.7 Å². The zero-order valence-electron chi connectivity index (χ0n) is 9.04. The molecule has 0 unspecified atom stereocenters. The van der Waals surface area contributed by atoms with Gasteiger partial charge in [-0.3, -0.25) is 0 Å². The molecule has 0 N–H and O–H groups in total. The number of hydrogen-bond donors (Lipinski definition) is 0. The Hall–Kier alpha value is -1.00. The summed E-state index contributed by atoms with van der Waals surface area (Å²) < 4.78 is 15.3. The largest absolute Gasteiger partial charge is 0.355 e. The molecule has 0 saturated heterocycles. The van der Waals surface area contributed by atoms with Gasteiger partial charge in [-0.2, -0.15) is 0 Å². The summed E-state index contributed by atoms with van der Waals surface area (Å²) in [6.45, 7) is 1.75. The summed E-state index contributed by atoms with van der Waals surface area (Å²) in [6.07, 6.45) is 13.4. The lowest BCUT2D eigenvalue weighted by atomic mass is 10.3. The molecule has 0 atom stereocenters. The fourth-order valence-corrected chi connectivity index (χ4v) is 0.822. The third-order valence-corrected chi connectivity index (χ3v) is 1.55. The normalized spacial score (nSPS) is 9.47. The Morgan fingerprint density at radius 1 is 0.733 bits per heavy atom. The van der Waals surface area contributed by atoms with Gasteiger partial charge < -0.3 is 14.2 Å². The molecule has 0 aliphatic rings. The van der Waals surface area contributed by atoms with Gasteiger partial charge >= 0.3 is 0 Å². The predicted molar refractivity (Wildman–Crippen MR) is 58.9 cm³/mol. The molecule has 84 valence electrons. The van der Waals surface area contributed by atoms with Gasteiger partial charge in [-0.25, -0.2) is 0 Å². The van der Waals surface area contributed by atoms with E-state index >= 15 is 0 Å².